The highest BCUT2D eigenvalue weighted by Crippen LogP contribution is 2.35. The Morgan fingerprint density at radius 1 is 1.65 bits per heavy atom. The van der Waals surface area contributed by atoms with Crippen molar-refractivity contribution in [2.24, 2.45) is 18.7 Å². The number of nitrogens with zero attached hydrogens (tertiary/aromatic N) is 3. The molecule has 1 aliphatic carbocycles. The molecule has 2 N–H and O–H groups in total. The molecule has 94 valence electrons. The molecule has 0 aromatic carbocycles. The Bertz CT molecular complexity index is 437. The molecule has 1 saturated carbocycles. The first-order valence-corrected chi connectivity index (χ1v) is 5.57. The van der Waals surface area contributed by atoms with Crippen molar-refractivity contribution in [1.29, 1.82) is 0 Å². The van der Waals surface area contributed by atoms with Gasteiger partial charge in [0.15, 0.2) is 0 Å². The third-order valence-corrected chi connectivity index (χ3v) is 3.13. The highest BCUT2D eigenvalue weighted by atomic mass is 16.6. The molecule has 17 heavy (non-hydrogen) atoms. The lowest BCUT2D eigenvalue weighted by molar-refractivity contribution is -0.386. The van der Waals surface area contributed by atoms with Crippen molar-refractivity contribution >= 4 is 5.69 Å². The molecular weight excluding hydrogens is 224 g/mol. The van der Waals surface area contributed by atoms with Crippen LogP contribution in [0.4, 0.5) is 5.69 Å². The Kier molecular flexibility index (Phi) is 3.01. The molecule has 7 heteroatoms. The van der Waals surface area contributed by atoms with E-state index in [2.05, 4.69) is 5.10 Å². The van der Waals surface area contributed by atoms with Crippen molar-refractivity contribution in [3.63, 3.8) is 0 Å². The predicted molar refractivity (Wildman–Crippen MR) is 60.8 cm³/mol. The fourth-order valence-electron chi connectivity index (χ4n) is 2.09. The van der Waals surface area contributed by atoms with Gasteiger partial charge in [-0.05, 0) is 32.2 Å². The SMILES string of the molecule is Cc1nn(C)c(OC2CC(CN)C2)c1[N+](=O)[O-]. The van der Waals surface area contributed by atoms with Crippen LogP contribution in [0, 0.1) is 23.0 Å². The zero-order valence-electron chi connectivity index (χ0n) is 9.92. The maximum absolute atomic E-state index is 10.9. The number of hydrogen-bond acceptors (Lipinski definition) is 5. The van der Waals surface area contributed by atoms with Gasteiger partial charge in [-0.15, -0.1) is 0 Å². The molecular formula is C10H16N4O3. The Labute approximate surface area is 98.7 Å². The summed E-state index contributed by atoms with van der Waals surface area (Å²) < 4.78 is 7.05. The molecule has 0 aliphatic heterocycles. The molecule has 0 spiro atoms. The van der Waals surface area contributed by atoms with Crippen LogP contribution in [0.3, 0.4) is 0 Å². The van der Waals surface area contributed by atoms with Crippen LogP contribution in [0.15, 0.2) is 0 Å². The lowest BCUT2D eigenvalue weighted by Gasteiger charge is -2.33. The second kappa shape index (κ2) is 4.33. The molecule has 1 aromatic rings. The largest absolute Gasteiger partial charge is 0.470 e. The Morgan fingerprint density at radius 2 is 2.29 bits per heavy atom. The van der Waals surface area contributed by atoms with Gasteiger partial charge in [0.05, 0.1) is 4.92 Å². The molecule has 1 aromatic heterocycles. The summed E-state index contributed by atoms with van der Waals surface area (Å²) in [5, 5.41) is 14.9. The lowest BCUT2D eigenvalue weighted by Crippen LogP contribution is -2.38. The minimum atomic E-state index is -0.448. The summed E-state index contributed by atoms with van der Waals surface area (Å²) in [6.45, 7) is 2.25. The number of nitro groups is 1. The molecule has 0 amide bonds. The van der Waals surface area contributed by atoms with Gasteiger partial charge in [0.1, 0.15) is 11.8 Å². The van der Waals surface area contributed by atoms with E-state index in [0.717, 1.165) is 12.8 Å². The van der Waals surface area contributed by atoms with Crippen LogP contribution in [0.5, 0.6) is 5.88 Å². The number of ether oxygens (including phenoxy) is 1. The normalized spacial score (nSPS) is 23.2. The zero-order valence-corrected chi connectivity index (χ0v) is 9.92. The van der Waals surface area contributed by atoms with Crippen molar-refractivity contribution in [1.82, 2.24) is 9.78 Å². The molecule has 1 heterocycles. The standard InChI is InChI=1S/C10H16N4O3/c1-6-9(14(15)16)10(13(2)12-6)17-8-3-7(4-8)5-11/h7-8H,3-5,11H2,1-2H3. The average molecular weight is 240 g/mol. The van der Waals surface area contributed by atoms with Crippen LogP contribution >= 0.6 is 0 Å². The van der Waals surface area contributed by atoms with Crippen molar-refractivity contribution in [3.05, 3.63) is 15.8 Å². The van der Waals surface area contributed by atoms with Gasteiger partial charge in [-0.25, -0.2) is 4.68 Å². The van der Waals surface area contributed by atoms with E-state index in [1.807, 2.05) is 0 Å². The molecule has 0 saturated heterocycles. The van der Waals surface area contributed by atoms with Gasteiger partial charge in [-0.1, -0.05) is 0 Å². The third-order valence-electron chi connectivity index (χ3n) is 3.13. The summed E-state index contributed by atoms with van der Waals surface area (Å²) in [6.07, 6.45) is 1.74. The molecule has 0 radical (unpaired) electrons. The van der Waals surface area contributed by atoms with Crippen molar-refractivity contribution in [2.45, 2.75) is 25.9 Å². The van der Waals surface area contributed by atoms with E-state index in [0.29, 0.717) is 18.2 Å². The van der Waals surface area contributed by atoms with Gasteiger partial charge in [0.2, 0.25) is 0 Å². The summed E-state index contributed by atoms with van der Waals surface area (Å²) in [6, 6.07) is 0. The second-order valence-electron chi connectivity index (χ2n) is 4.43. The van der Waals surface area contributed by atoms with Crippen LogP contribution in [0.2, 0.25) is 0 Å². The minimum Gasteiger partial charge on any atom is -0.470 e. The maximum Gasteiger partial charge on any atom is 0.353 e. The van der Waals surface area contributed by atoms with E-state index in [1.54, 1.807) is 14.0 Å². The fraction of sp³-hybridized carbons (Fsp3) is 0.700. The number of aromatic nitrogens is 2. The van der Waals surface area contributed by atoms with E-state index in [9.17, 15) is 10.1 Å². The quantitative estimate of drug-likeness (QED) is 0.618. The molecule has 0 atom stereocenters. The van der Waals surface area contributed by atoms with E-state index in [-0.39, 0.29) is 17.7 Å². The first-order valence-electron chi connectivity index (χ1n) is 5.57. The van der Waals surface area contributed by atoms with Crippen molar-refractivity contribution in [3.8, 4) is 5.88 Å². The van der Waals surface area contributed by atoms with Crippen LogP contribution in [-0.4, -0.2) is 27.4 Å². The van der Waals surface area contributed by atoms with Gasteiger partial charge in [0, 0.05) is 7.05 Å². The Hall–Kier alpha value is -1.63. The summed E-state index contributed by atoms with van der Waals surface area (Å²) in [5.74, 6) is 0.723. The van der Waals surface area contributed by atoms with Crippen LogP contribution in [0.1, 0.15) is 18.5 Å². The predicted octanol–water partition coefficient (Wildman–Crippen LogP) is 0.753. The maximum atomic E-state index is 10.9. The molecule has 2 rings (SSSR count). The summed E-state index contributed by atoms with van der Waals surface area (Å²) in [5.41, 5.74) is 5.86. The molecule has 7 nitrogen and oxygen atoms in total. The molecule has 0 bridgehead atoms. The highest BCUT2D eigenvalue weighted by Gasteiger charge is 2.34. The molecule has 1 fully saturated rings. The summed E-state index contributed by atoms with van der Waals surface area (Å²) in [4.78, 5) is 10.5. The van der Waals surface area contributed by atoms with E-state index in [4.69, 9.17) is 10.5 Å². The van der Waals surface area contributed by atoms with Gasteiger partial charge in [-0.3, -0.25) is 10.1 Å². The summed E-state index contributed by atoms with van der Waals surface area (Å²) >= 11 is 0. The lowest BCUT2D eigenvalue weighted by atomic mass is 9.82. The minimum absolute atomic E-state index is 0.0250. The second-order valence-corrected chi connectivity index (χ2v) is 4.43. The van der Waals surface area contributed by atoms with Crippen LogP contribution in [0.25, 0.3) is 0 Å². The first kappa shape index (κ1) is 11.8. The van der Waals surface area contributed by atoms with Crippen molar-refractivity contribution < 1.29 is 9.66 Å². The first-order chi connectivity index (χ1) is 8.02. The van der Waals surface area contributed by atoms with Gasteiger partial charge in [0.25, 0.3) is 5.88 Å². The van der Waals surface area contributed by atoms with E-state index < -0.39 is 4.92 Å². The Balaban J connectivity index is 2.13. The third kappa shape index (κ3) is 2.10. The monoisotopic (exact) mass is 240 g/mol. The fourth-order valence-corrected chi connectivity index (χ4v) is 2.09. The number of nitrogens with two attached hydrogens (primary N) is 1. The molecule has 1 aliphatic rings. The van der Waals surface area contributed by atoms with Gasteiger partial charge < -0.3 is 10.5 Å². The van der Waals surface area contributed by atoms with Crippen LogP contribution < -0.4 is 10.5 Å². The summed E-state index contributed by atoms with van der Waals surface area (Å²) in [7, 11) is 1.65. The topological polar surface area (TPSA) is 96.2 Å². The highest BCUT2D eigenvalue weighted by molar-refractivity contribution is 5.45. The average Bonchev–Trinajstić information content (AvgIpc) is 2.46. The van der Waals surface area contributed by atoms with E-state index >= 15 is 0 Å². The van der Waals surface area contributed by atoms with Gasteiger partial charge in [-0.2, -0.15) is 5.10 Å². The van der Waals surface area contributed by atoms with Crippen molar-refractivity contribution in [2.75, 3.05) is 6.54 Å². The van der Waals surface area contributed by atoms with Gasteiger partial charge >= 0.3 is 5.69 Å². The Morgan fingerprint density at radius 3 is 2.82 bits per heavy atom. The molecule has 0 unspecified atom stereocenters. The zero-order chi connectivity index (χ0) is 12.6. The van der Waals surface area contributed by atoms with E-state index in [1.165, 1.54) is 4.68 Å². The number of hydrogen-bond donors (Lipinski definition) is 1. The van der Waals surface area contributed by atoms with Crippen LogP contribution in [-0.2, 0) is 7.05 Å². The smallest absolute Gasteiger partial charge is 0.353 e. The number of rotatable bonds is 4. The number of aryl methyl sites for hydroxylation is 2.